The first-order chi connectivity index (χ1) is 8.34. The first kappa shape index (κ1) is 12.0. The molecule has 0 radical (unpaired) electrons. The summed E-state index contributed by atoms with van der Waals surface area (Å²) in [5, 5.41) is 3.68. The maximum Gasteiger partial charge on any atom is 0.0224 e. The second-order valence-corrected chi connectivity index (χ2v) is 6.53. The molecule has 4 unspecified atom stereocenters. The zero-order valence-electron chi connectivity index (χ0n) is 11.3. The van der Waals surface area contributed by atoms with E-state index < -0.39 is 0 Å². The van der Waals surface area contributed by atoms with Crippen LogP contribution in [0, 0.1) is 5.92 Å². The van der Waals surface area contributed by atoms with Crippen molar-refractivity contribution in [3.05, 3.63) is 0 Å². The van der Waals surface area contributed by atoms with Crippen molar-refractivity contribution in [1.29, 1.82) is 0 Å². The smallest absolute Gasteiger partial charge is 0.0224 e. The molecule has 2 aliphatic heterocycles. The average molecular weight is 236 g/mol. The normalized spacial score (nSPS) is 44.3. The van der Waals surface area contributed by atoms with Crippen LogP contribution in [0.3, 0.4) is 0 Å². The number of rotatable bonds is 1. The van der Waals surface area contributed by atoms with Gasteiger partial charge in [-0.05, 0) is 57.9 Å². The van der Waals surface area contributed by atoms with Crippen LogP contribution in [0.1, 0.15) is 58.3 Å². The molecule has 1 saturated carbocycles. The fourth-order valence-electron chi connectivity index (χ4n) is 4.38. The number of nitrogens with one attached hydrogen (secondary N) is 1. The van der Waals surface area contributed by atoms with Gasteiger partial charge >= 0.3 is 0 Å². The number of nitrogens with zero attached hydrogens (tertiary/aromatic N) is 1. The highest BCUT2D eigenvalue weighted by Gasteiger charge is 2.37. The minimum Gasteiger partial charge on any atom is -0.313 e. The molecule has 98 valence electrons. The van der Waals surface area contributed by atoms with Gasteiger partial charge in [0.1, 0.15) is 0 Å². The monoisotopic (exact) mass is 236 g/mol. The van der Waals surface area contributed by atoms with E-state index in [4.69, 9.17) is 0 Å². The molecule has 2 nitrogen and oxygen atoms in total. The van der Waals surface area contributed by atoms with Gasteiger partial charge in [0, 0.05) is 24.7 Å². The summed E-state index contributed by atoms with van der Waals surface area (Å²) in [7, 11) is 0. The number of hydrogen-bond donors (Lipinski definition) is 1. The molecule has 1 aliphatic carbocycles. The van der Waals surface area contributed by atoms with E-state index in [1.165, 1.54) is 64.5 Å². The third-order valence-corrected chi connectivity index (χ3v) is 5.39. The van der Waals surface area contributed by atoms with E-state index in [1.807, 2.05) is 0 Å². The second kappa shape index (κ2) is 5.27. The summed E-state index contributed by atoms with van der Waals surface area (Å²) in [5.74, 6) is 1.04. The largest absolute Gasteiger partial charge is 0.313 e. The van der Waals surface area contributed by atoms with Crippen molar-refractivity contribution < 1.29 is 0 Å². The molecule has 3 aliphatic rings. The molecule has 1 N–H and O–H groups in total. The molecule has 2 heterocycles. The Balaban J connectivity index is 1.64. The van der Waals surface area contributed by atoms with Gasteiger partial charge in [0.05, 0.1) is 0 Å². The Bertz CT molecular complexity index is 243. The van der Waals surface area contributed by atoms with E-state index in [0.717, 1.165) is 24.0 Å². The van der Waals surface area contributed by atoms with Gasteiger partial charge in [-0.1, -0.05) is 12.8 Å². The fourth-order valence-corrected chi connectivity index (χ4v) is 4.38. The summed E-state index contributed by atoms with van der Waals surface area (Å²) in [6.07, 6.45) is 11.7. The molecule has 17 heavy (non-hydrogen) atoms. The van der Waals surface area contributed by atoms with Gasteiger partial charge in [0.15, 0.2) is 0 Å². The van der Waals surface area contributed by atoms with Gasteiger partial charge in [-0.15, -0.1) is 0 Å². The molecule has 2 saturated heterocycles. The topological polar surface area (TPSA) is 15.3 Å². The van der Waals surface area contributed by atoms with E-state index >= 15 is 0 Å². The highest BCUT2D eigenvalue weighted by molar-refractivity contribution is 4.93. The van der Waals surface area contributed by atoms with Crippen LogP contribution in [0.15, 0.2) is 0 Å². The van der Waals surface area contributed by atoms with Crippen LogP contribution >= 0.6 is 0 Å². The Labute approximate surface area is 106 Å². The van der Waals surface area contributed by atoms with Crippen LogP contribution in [-0.2, 0) is 0 Å². The van der Waals surface area contributed by atoms with E-state index in [2.05, 4.69) is 17.1 Å². The predicted octanol–water partition coefficient (Wildman–Crippen LogP) is 2.78. The Morgan fingerprint density at radius 3 is 2.59 bits per heavy atom. The summed E-state index contributed by atoms with van der Waals surface area (Å²) in [6, 6.07) is 2.54. The van der Waals surface area contributed by atoms with Crippen molar-refractivity contribution in [3.8, 4) is 0 Å². The van der Waals surface area contributed by atoms with Gasteiger partial charge in [-0.3, -0.25) is 4.90 Å². The lowest BCUT2D eigenvalue weighted by atomic mass is 9.77. The summed E-state index contributed by atoms with van der Waals surface area (Å²) >= 11 is 0. The number of likely N-dealkylation sites (tertiary alicyclic amines) is 1. The lowest BCUT2D eigenvalue weighted by Gasteiger charge is -2.49. The van der Waals surface area contributed by atoms with E-state index in [9.17, 15) is 0 Å². The van der Waals surface area contributed by atoms with Gasteiger partial charge in [0.25, 0.3) is 0 Å². The molecule has 2 heteroatoms. The lowest BCUT2D eigenvalue weighted by molar-refractivity contribution is 0.0146. The quantitative estimate of drug-likeness (QED) is 0.753. The van der Waals surface area contributed by atoms with Crippen molar-refractivity contribution in [3.63, 3.8) is 0 Å². The Hall–Kier alpha value is -0.0800. The van der Waals surface area contributed by atoms with Crippen LogP contribution in [0.25, 0.3) is 0 Å². The highest BCUT2D eigenvalue weighted by atomic mass is 15.2. The molecule has 0 spiro atoms. The van der Waals surface area contributed by atoms with Crippen LogP contribution in [-0.4, -0.2) is 36.1 Å². The maximum atomic E-state index is 3.68. The predicted molar refractivity (Wildman–Crippen MR) is 72.2 cm³/mol. The molecule has 3 fully saturated rings. The summed E-state index contributed by atoms with van der Waals surface area (Å²) in [5.41, 5.74) is 0. The first-order valence-corrected chi connectivity index (χ1v) is 7.84. The number of fused-ring (bicyclic) bond motifs is 1. The minimum absolute atomic E-state index is 0.748. The summed E-state index contributed by atoms with van der Waals surface area (Å²) in [6.45, 7) is 4.95. The molecule has 0 aromatic heterocycles. The summed E-state index contributed by atoms with van der Waals surface area (Å²) in [4.78, 5) is 2.90. The lowest BCUT2D eigenvalue weighted by Crippen LogP contribution is -2.56. The van der Waals surface area contributed by atoms with Gasteiger partial charge < -0.3 is 5.32 Å². The highest BCUT2D eigenvalue weighted by Crippen LogP contribution is 2.37. The molecule has 0 bridgehead atoms. The number of hydrogen-bond acceptors (Lipinski definition) is 2. The van der Waals surface area contributed by atoms with E-state index in [1.54, 1.807) is 0 Å². The Kier molecular flexibility index (Phi) is 3.72. The van der Waals surface area contributed by atoms with Crippen LogP contribution in [0.5, 0.6) is 0 Å². The molecular weight excluding hydrogens is 208 g/mol. The molecule has 4 atom stereocenters. The van der Waals surface area contributed by atoms with Crippen molar-refractivity contribution in [2.45, 2.75) is 76.4 Å². The Morgan fingerprint density at radius 2 is 1.76 bits per heavy atom. The second-order valence-electron chi connectivity index (χ2n) is 6.53. The first-order valence-electron chi connectivity index (χ1n) is 7.84. The maximum absolute atomic E-state index is 3.68. The van der Waals surface area contributed by atoms with Crippen molar-refractivity contribution in [2.75, 3.05) is 13.1 Å². The molecular formula is C15H28N2. The van der Waals surface area contributed by atoms with Crippen LogP contribution in [0.4, 0.5) is 0 Å². The van der Waals surface area contributed by atoms with E-state index in [0.29, 0.717) is 0 Å². The van der Waals surface area contributed by atoms with Gasteiger partial charge in [-0.2, -0.15) is 0 Å². The van der Waals surface area contributed by atoms with Crippen molar-refractivity contribution >= 4 is 0 Å². The van der Waals surface area contributed by atoms with Crippen LogP contribution < -0.4 is 5.32 Å². The molecule has 0 aromatic rings. The third kappa shape index (κ3) is 2.53. The zero-order valence-corrected chi connectivity index (χ0v) is 11.3. The summed E-state index contributed by atoms with van der Waals surface area (Å²) < 4.78 is 0. The average Bonchev–Trinajstić information content (AvgIpc) is 2.39. The molecule has 0 aromatic carbocycles. The zero-order chi connectivity index (χ0) is 11.7. The van der Waals surface area contributed by atoms with E-state index in [-0.39, 0.29) is 0 Å². The van der Waals surface area contributed by atoms with Gasteiger partial charge in [-0.25, -0.2) is 0 Å². The number of piperidine rings is 2. The SMILES string of the molecule is CC1CCC(N2CCCC3CCCCC32)CN1. The minimum atomic E-state index is 0.748. The third-order valence-electron chi connectivity index (χ3n) is 5.39. The van der Waals surface area contributed by atoms with Gasteiger partial charge in [0.2, 0.25) is 0 Å². The van der Waals surface area contributed by atoms with Crippen molar-refractivity contribution in [2.24, 2.45) is 5.92 Å². The fraction of sp³-hybridized carbons (Fsp3) is 1.00. The molecule has 3 rings (SSSR count). The van der Waals surface area contributed by atoms with Crippen molar-refractivity contribution in [1.82, 2.24) is 10.2 Å². The Morgan fingerprint density at radius 1 is 0.941 bits per heavy atom. The standard InChI is InChI=1S/C15H28N2/c1-12-8-9-14(11-16-12)17-10-4-6-13-5-2-3-7-15(13)17/h12-16H,2-11H2,1H3. The molecule has 0 amide bonds. The van der Waals surface area contributed by atoms with Crippen LogP contribution in [0.2, 0.25) is 0 Å².